The van der Waals surface area contributed by atoms with E-state index in [2.05, 4.69) is 6.07 Å². The molecule has 0 amide bonds. The third kappa shape index (κ3) is 2.12. The van der Waals surface area contributed by atoms with Crippen LogP contribution in [0.15, 0.2) is 18.2 Å². The summed E-state index contributed by atoms with van der Waals surface area (Å²) in [6.45, 7) is 0.672. The minimum Gasteiger partial charge on any atom is -0.373 e. The van der Waals surface area contributed by atoms with Crippen molar-refractivity contribution in [3.8, 4) is 6.07 Å². The summed E-state index contributed by atoms with van der Waals surface area (Å²) < 4.78 is 13.0. The van der Waals surface area contributed by atoms with Crippen LogP contribution in [0.4, 0.5) is 10.1 Å². The van der Waals surface area contributed by atoms with Crippen LogP contribution < -0.4 is 4.90 Å². The number of benzene rings is 1. The molecule has 0 atom stereocenters. The van der Waals surface area contributed by atoms with Crippen molar-refractivity contribution in [1.29, 1.82) is 5.26 Å². The van der Waals surface area contributed by atoms with Gasteiger partial charge < -0.3 is 4.90 Å². The smallest absolute Gasteiger partial charge is 0.141 e. The van der Waals surface area contributed by atoms with Gasteiger partial charge in [-0.1, -0.05) is 11.6 Å². The Labute approximate surface area is 99.2 Å². The molecule has 1 saturated carbocycles. The van der Waals surface area contributed by atoms with Gasteiger partial charge in [-0.25, -0.2) is 4.39 Å². The minimum atomic E-state index is -0.416. The standard InChI is InChI=1S/C12H12ClFN2/c1-16(8-12(7-15)4-5-12)9-2-3-11(14)10(13)6-9/h2-3,6H,4-5,8H2,1H3. The Balaban J connectivity index is 2.12. The fourth-order valence-electron chi connectivity index (χ4n) is 1.72. The predicted molar refractivity (Wildman–Crippen MR) is 62.0 cm³/mol. The number of nitrogens with zero attached hydrogens (tertiary/aromatic N) is 2. The van der Waals surface area contributed by atoms with E-state index in [-0.39, 0.29) is 10.4 Å². The zero-order valence-electron chi connectivity index (χ0n) is 9.00. The fraction of sp³-hybridized carbons (Fsp3) is 0.417. The molecule has 1 aliphatic rings. The molecule has 16 heavy (non-hydrogen) atoms. The van der Waals surface area contributed by atoms with E-state index < -0.39 is 5.82 Å². The van der Waals surface area contributed by atoms with Gasteiger partial charge in [0.15, 0.2) is 0 Å². The lowest BCUT2D eigenvalue weighted by atomic mass is 10.1. The SMILES string of the molecule is CN(CC1(C#N)CC1)c1ccc(F)c(Cl)c1. The minimum absolute atomic E-state index is 0.117. The van der Waals surface area contributed by atoms with Gasteiger partial charge in [0.25, 0.3) is 0 Å². The Morgan fingerprint density at radius 2 is 2.25 bits per heavy atom. The van der Waals surface area contributed by atoms with Crippen LogP contribution >= 0.6 is 11.6 Å². The van der Waals surface area contributed by atoms with Crippen molar-refractivity contribution in [3.05, 3.63) is 29.0 Å². The van der Waals surface area contributed by atoms with Crippen molar-refractivity contribution in [2.45, 2.75) is 12.8 Å². The van der Waals surface area contributed by atoms with Crippen LogP contribution in [0.2, 0.25) is 5.02 Å². The summed E-state index contributed by atoms with van der Waals surface area (Å²) in [5.74, 6) is -0.416. The fourth-order valence-corrected chi connectivity index (χ4v) is 1.90. The highest BCUT2D eigenvalue weighted by molar-refractivity contribution is 6.31. The second-order valence-corrected chi connectivity index (χ2v) is 4.75. The predicted octanol–water partition coefficient (Wildman–Crippen LogP) is 3.22. The maximum Gasteiger partial charge on any atom is 0.141 e. The molecule has 1 aromatic rings. The van der Waals surface area contributed by atoms with E-state index in [0.29, 0.717) is 6.54 Å². The third-order valence-corrected chi connectivity index (χ3v) is 3.26. The topological polar surface area (TPSA) is 27.0 Å². The highest BCUT2D eigenvalue weighted by Crippen LogP contribution is 2.45. The van der Waals surface area contributed by atoms with E-state index >= 15 is 0 Å². The summed E-state index contributed by atoms with van der Waals surface area (Å²) in [4.78, 5) is 1.95. The first-order chi connectivity index (χ1) is 7.56. The van der Waals surface area contributed by atoms with Crippen molar-refractivity contribution >= 4 is 17.3 Å². The Morgan fingerprint density at radius 1 is 1.56 bits per heavy atom. The van der Waals surface area contributed by atoms with E-state index in [4.69, 9.17) is 16.9 Å². The first-order valence-electron chi connectivity index (χ1n) is 5.14. The van der Waals surface area contributed by atoms with Crippen molar-refractivity contribution < 1.29 is 4.39 Å². The van der Waals surface area contributed by atoms with Crippen molar-refractivity contribution in [3.63, 3.8) is 0 Å². The molecule has 0 bridgehead atoms. The van der Waals surface area contributed by atoms with Crippen molar-refractivity contribution in [2.24, 2.45) is 5.41 Å². The van der Waals surface area contributed by atoms with Crippen LogP contribution in [0.25, 0.3) is 0 Å². The molecule has 0 aromatic heterocycles. The summed E-state index contributed by atoms with van der Waals surface area (Å²) in [5, 5.41) is 9.11. The quantitative estimate of drug-likeness (QED) is 0.809. The molecule has 0 radical (unpaired) electrons. The largest absolute Gasteiger partial charge is 0.373 e. The zero-order valence-corrected chi connectivity index (χ0v) is 9.76. The molecule has 84 valence electrons. The Hall–Kier alpha value is -1.27. The molecule has 0 N–H and O–H groups in total. The summed E-state index contributed by atoms with van der Waals surface area (Å²) in [6.07, 6.45) is 1.89. The van der Waals surface area contributed by atoms with E-state index in [0.717, 1.165) is 18.5 Å². The second kappa shape index (κ2) is 3.95. The van der Waals surface area contributed by atoms with Gasteiger partial charge in [-0.2, -0.15) is 5.26 Å². The normalized spacial score (nSPS) is 16.6. The molecule has 1 aromatic carbocycles. The van der Waals surface area contributed by atoms with E-state index in [9.17, 15) is 4.39 Å². The van der Waals surface area contributed by atoms with Crippen LogP contribution in [0.5, 0.6) is 0 Å². The van der Waals surface area contributed by atoms with Gasteiger partial charge in [-0.15, -0.1) is 0 Å². The molecule has 2 nitrogen and oxygen atoms in total. The van der Waals surface area contributed by atoms with Gasteiger partial charge in [0.2, 0.25) is 0 Å². The summed E-state index contributed by atoms with van der Waals surface area (Å²) in [7, 11) is 1.89. The van der Waals surface area contributed by atoms with Crippen LogP contribution in [0, 0.1) is 22.6 Å². The van der Waals surface area contributed by atoms with Crippen LogP contribution in [0.3, 0.4) is 0 Å². The molecule has 0 saturated heterocycles. The molecule has 0 spiro atoms. The van der Waals surface area contributed by atoms with Gasteiger partial charge in [0.05, 0.1) is 16.5 Å². The van der Waals surface area contributed by atoms with Gasteiger partial charge in [0, 0.05) is 19.3 Å². The van der Waals surface area contributed by atoms with Crippen molar-refractivity contribution in [1.82, 2.24) is 0 Å². The van der Waals surface area contributed by atoms with E-state index in [1.165, 1.54) is 6.07 Å². The molecule has 0 heterocycles. The molecule has 1 fully saturated rings. The molecule has 1 aliphatic carbocycles. The van der Waals surface area contributed by atoms with Gasteiger partial charge >= 0.3 is 0 Å². The summed E-state index contributed by atoms with van der Waals surface area (Å²) in [6, 6.07) is 6.94. The Bertz CT molecular complexity index is 449. The van der Waals surface area contributed by atoms with Gasteiger partial charge in [-0.3, -0.25) is 0 Å². The number of rotatable bonds is 3. The van der Waals surface area contributed by atoms with E-state index in [1.807, 2.05) is 11.9 Å². The molecule has 0 unspecified atom stereocenters. The summed E-state index contributed by atoms with van der Waals surface area (Å²) in [5.41, 5.74) is 0.642. The van der Waals surface area contributed by atoms with Crippen LogP contribution in [-0.4, -0.2) is 13.6 Å². The van der Waals surface area contributed by atoms with E-state index in [1.54, 1.807) is 12.1 Å². The summed E-state index contributed by atoms with van der Waals surface area (Å²) >= 11 is 5.71. The van der Waals surface area contributed by atoms with Gasteiger partial charge in [0.1, 0.15) is 5.82 Å². The monoisotopic (exact) mass is 238 g/mol. The molecule has 4 heteroatoms. The number of hydrogen-bond donors (Lipinski definition) is 0. The average molecular weight is 239 g/mol. The maximum atomic E-state index is 13.0. The third-order valence-electron chi connectivity index (χ3n) is 2.97. The molecular weight excluding hydrogens is 227 g/mol. The number of hydrogen-bond acceptors (Lipinski definition) is 2. The first-order valence-corrected chi connectivity index (χ1v) is 5.52. The Kier molecular flexibility index (Phi) is 2.77. The lowest BCUT2D eigenvalue weighted by molar-refractivity contribution is 0.626. The number of halogens is 2. The van der Waals surface area contributed by atoms with Crippen LogP contribution in [-0.2, 0) is 0 Å². The highest BCUT2D eigenvalue weighted by Gasteiger charge is 2.44. The number of nitriles is 1. The number of anilines is 1. The Morgan fingerprint density at radius 3 is 2.75 bits per heavy atom. The van der Waals surface area contributed by atoms with Crippen molar-refractivity contribution in [2.75, 3.05) is 18.5 Å². The molecular formula is C12H12ClFN2. The lowest BCUT2D eigenvalue weighted by Crippen LogP contribution is -2.25. The highest BCUT2D eigenvalue weighted by atomic mass is 35.5. The molecule has 0 aliphatic heterocycles. The van der Waals surface area contributed by atoms with Crippen LogP contribution in [0.1, 0.15) is 12.8 Å². The average Bonchev–Trinajstić information content (AvgIpc) is 3.02. The first kappa shape index (κ1) is 11.2. The molecule has 2 rings (SSSR count). The second-order valence-electron chi connectivity index (χ2n) is 4.35. The van der Waals surface area contributed by atoms with Gasteiger partial charge in [-0.05, 0) is 31.0 Å². The lowest BCUT2D eigenvalue weighted by Gasteiger charge is -2.22. The maximum absolute atomic E-state index is 13.0. The zero-order chi connectivity index (χ0) is 11.8.